The Kier molecular flexibility index (Phi) is 3.82. The number of halogens is 3. The van der Waals surface area contributed by atoms with Gasteiger partial charge in [0.1, 0.15) is 16.5 Å². The molecule has 4 nitrogen and oxygen atoms in total. The number of hydrogen-bond donors (Lipinski definition) is 2. The summed E-state index contributed by atoms with van der Waals surface area (Å²) >= 11 is 5.61. The summed E-state index contributed by atoms with van der Waals surface area (Å²) in [4.78, 5) is -0.694. The molecule has 106 valence electrons. The summed E-state index contributed by atoms with van der Waals surface area (Å²) in [7, 11) is -4.28. The first-order valence-electron chi connectivity index (χ1n) is 5.32. The first-order valence-corrected chi connectivity index (χ1v) is 7.18. The molecule has 0 unspecified atom stereocenters. The third-order valence-electron chi connectivity index (χ3n) is 2.38. The van der Waals surface area contributed by atoms with E-state index in [-0.39, 0.29) is 16.4 Å². The fourth-order valence-electron chi connectivity index (χ4n) is 1.63. The van der Waals surface area contributed by atoms with Gasteiger partial charge < -0.3 is 5.73 Å². The number of nitrogens with two attached hydrogens (primary N) is 1. The van der Waals surface area contributed by atoms with Crippen molar-refractivity contribution >= 4 is 33.0 Å². The minimum atomic E-state index is -4.28. The highest BCUT2D eigenvalue weighted by molar-refractivity contribution is 7.92. The van der Waals surface area contributed by atoms with Crippen LogP contribution in [0.1, 0.15) is 0 Å². The van der Waals surface area contributed by atoms with Gasteiger partial charge >= 0.3 is 0 Å². The Hall–Kier alpha value is -1.86. The molecule has 2 rings (SSSR count). The molecule has 0 heterocycles. The normalized spacial score (nSPS) is 11.3. The lowest BCUT2D eigenvalue weighted by molar-refractivity contribution is 0.572. The second-order valence-corrected chi connectivity index (χ2v) is 5.98. The largest absolute Gasteiger partial charge is 0.398 e. The number of benzene rings is 2. The molecule has 3 N–H and O–H groups in total. The fraction of sp³-hybridized carbons (Fsp3) is 0. The van der Waals surface area contributed by atoms with Crippen LogP contribution in [0.25, 0.3) is 0 Å². The first-order chi connectivity index (χ1) is 9.29. The zero-order valence-electron chi connectivity index (χ0n) is 9.90. The summed E-state index contributed by atoms with van der Waals surface area (Å²) < 4.78 is 52.9. The van der Waals surface area contributed by atoms with Gasteiger partial charge in [0.25, 0.3) is 10.0 Å². The quantitative estimate of drug-likeness (QED) is 0.854. The van der Waals surface area contributed by atoms with Gasteiger partial charge in [-0.2, -0.15) is 0 Å². The van der Waals surface area contributed by atoms with Gasteiger partial charge in [0.2, 0.25) is 0 Å². The predicted molar refractivity (Wildman–Crippen MR) is 73.0 cm³/mol. The maximum atomic E-state index is 13.6. The van der Waals surface area contributed by atoms with E-state index in [0.717, 1.165) is 18.2 Å². The number of sulfonamides is 1. The minimum Gasteiger partial charge on any atom is -0.398 e. The van der Waals surface area contributed by atoms with Crippen molar-refractivity contribution in [3.05, 3.63) is 53.1 Å². The Labute approximate surface area is 119 Å². The zero-order chi connectivity index (χ0) is 14.9. The standard InChI is InChI=1S/C12H9ClF2N2O2S/c13-7-4-8(14)6-9(5-7)17-20(18,19)12-10(15)2-1-3-11(12)16/h1-6,17H,16H2. The third kappa shape index (κ3) is 3.00. The molecular formula is C12H9ClF2N2O2S. The van der Waals surface area contributed by atoms with Crippen LogP contribution in [-0.4, -0.2) is 8.42 Å². The molecule has 0 aliphatic heterocycles. The smallest absolute Gasteiger partial charge is 0.266 e. The van der Waals surface area contributed by atoms with Crippen LogP contribution in [0.15, 0.2) is 41.3 Å². The van der Waals surface area contributed by atoms with Crippen molar-refractivity contribution in [2.75, 3.05) is 10.5 Å². The van der Waals surface area contributed by atoms with E-state index >= 15 is 0 Å². The predicted octanol–water partition coefficient (Wildman–Crippen LogP) is 3.00. The highest BCUT2D eigenvalue weighted by Crippen LogP contribution is 2.26. The van der Waals surface area contributed by atoms with Gasteiger partial charge in [-0.1, -0.05) is 17.7 Å². The topological polar surface area (TPSA) is 72.2 Å². The van der Waals surface area contributed by atoms with E-state index < -0.39 is 26.6 Å². The summed E-state index contributed by atoms with van der Waals surface area (Å²) in [5.41, 5.74) is 5.08. The molecule has 2 aromatic rings. The van der Waals surface area contributed by atoms with E-state index in [1.54, 1.807) is 0 Å². The molecule has 0 saturated carbocycles. The molecule has 0 bridgehead atoms. The van der Waals surface area contributed by atoms with Crippen molar-refractivity contribution in [1.82, 2.24) is 0 Å². The van der Waals surface area contributed by atoms with E-state index in [2.05, 4.69) is 0 Å². The van der Waals surface area contributed by atoms with Crippen LogP contribution in [0.2, 0.25) is 5.02 Å². The molecule has 2 aromatic carbocycles. The highest BCUT2D eigenvalue weighted by Gasteiger charge is 2.22. The Balaban J connectivity index is 2.46. The molecule has 0 atom stereocenters. The van der Waals surface area contributed by atoms with Crippen LogP contribution < -0.4 is 10.5 Å². The van der Waals surface area contributed by atoms with Crippen LogP contribution in [0, 0.1) is 11.6 Å². The number of nitrogens with one attached hydrogen (secondary N) is 1. The molecule has 0 spiro atoms. The Morgan fingerprint density at radius 1 is 1.15 bits per heavy atom. The van der Waals surface area contributed by atoms with Gasteiger partial charge in [0, 0.05) is 5.02 Å². The molecule has 8 heteroatoms. The maximum absolute atomic E-state index is 13.6. The van der Waals surface area contributed by atoms with Crippen molar-refractivity contribution in [2.45, 2.75) is 4.90 Å². The van der Waals surface area contributed by atoms with Gasteiger partial charge in [-0.05, 0) is 30.3 Å². The maximum Gasteiger partial charge on any atom is 0.266 e. The van der Waals surface area contributed by atoms with Crippen molar-refractivity contribution in [1.29, 1.82) is 0 Å². The Morgan fingerprint density at radius 2 is 1.85 bits per heavy atom. The lowest BCUT2D eigenvalue weighted by Gasteiger charge is -2.11. The Bertz CT molecular complexity index is 726. The lowest BCUT2D eigenvalue weighted by Crippen LogP contribution is -2.16. The van der Waals surface area contributed by atoms with E-state index in [1.165, 1.54) is 18.2 Å². The summed E-state index contributed by atoms with van der Waals surface area (Å²) in [5, 5.41) is 0.00389. The van der Waals surface area contributed by atoms with Crippen molar-refractivity contribution < 1.29 is 17.2 Å². The van der Waals surface area contributed by atoms with E-state index in [1.807, 2.05) is 4.72 Å². The second kappa shape index (κ2) is 5.26. The van der Waals surface area contributed by atoms with Crippen LogP contribution in [0.4, 0.5) is 20.2 Å². The molecule has 0 amide bonds. The molecule has 20 heavy (non-hydrogen) atoms. The van der Waals surface area contributed by atoms with Crippen molar-refractivity contribution in [3.63, 3.8) is 0 Å². The molecule has 0 aliphatic carbocycles. The average Bonchev–Trinajstić information content (AvgIpc) is 2.25. The average molecular weight is 319 g/mol. The van der Waals surface area contributed by atoms with Gasteiger partial charge in [0.05, 0.1) is 11.4 Å². The third-order valence-corrected chi connectivity index (χ3v) is 4.07. The van der Waals surface area contributed by atoms with E-state index in [0.29, 0.717) is 0 Å². The lowest BCUT2D eigenvalue weighted by atomic mass is 10.3. The SMILES string of the molecule is Nc1cccc(F)c1S(=O)(=O)Nc1cc(F)cc(Cl)c1. The molecule has 0 saturated heterocycles. The molecular weight excluding hydrogens is 310 g/mol. The van der Waals surface area contributed by atoms with Crippen LogP contribution in [-0.2, 0) is 10.0 Å². The second-order valence-electron chi connectivity index (χ2n) is 3.92. The monoisotopic (exact) mass is 318 g/mol. The molecule has 0 aliphatic rings. The summed E-state index contributed by atoms with van der Waals surface area (Å²) in [6.07, 6.45) is 0. The molecule has 0 fully saturated rings. The van der Waals surface area contributed by atoms with Gasteiger partial charge in [-0.15, -0.1) is 0 Å². The molecule has 0 aromatic heterocycles. The van der Waals surface area contributed by atoms with Crippen LogP contribution >= 0.6 is 11.6 Å². The van der Waals surface area contributed by atoms with Gasteiger partial charge in [-0.25, -0.2) is 17.2 Å². The Morgan fingerprint density at radius 3 is 2.45 bits per heavy atom. The zero-order valence-corrected chi connectivity index (χ0v) is 11.5. The van der Waals surface area contributed by atoms with E-state index in [4.69, 9.17) is 17.3 Å². The number of hydrogen-bond acceptors (Lipinski definition) is 3. The number of nitrogen functional groups attached to an aromatic ring is 1. The van der Waals surface area contributed by atoms with E-state index in [9.17, 15) is 17.2 Å². The van der Waals surface area contributed by atoms with Crippen molar-refractivity contribution in [2.24, 2.45) is 0 Å². The highest BCUT2D eigenvalue weighted by atomic mass is 35.5. The molecule has 0 radical (unpaired) electrons. The number of anilines is 2. The summed E-state index contributed by atoms with van der Waals surface area (Å²) in [6.45, 7) is 0. The summed E-state index contributed by atoms with van der Waals surface area (Å²) in [5.74, 6) is -1.73. The fourth-order valence-corrected chi connectivity index (χ4v) is 3.08. The van der Waals surface area contributed by atoms with Crippen molar-refractivity contribution in [3.8, 4) is 0 Å². The first kappa shape index (κ1) is 14.5. The van der Waals surface area contributed by atoms with Gasteiger partial charge in [-0.3, -0.25) is 4.72 Å². The minimum absolute atomic E-state index is 0.00389. The number of rotatable bonds is 3. The summed E-state index contributed by atoms with van der Waals surface area (Å²) in [6, 6.07) is 6.61. The van der Waals surface area contributed by atoms with Crippen LogP contribution in [0.3, 0.4) is 0 Å². The van der Waals surface area contributed by atoms with Gasteiger partial charge in [0.15, 0.2) is 0 Å². The van der Waals surface area contributed by atoms with Crippen LogP contribution in [0.5, 0.6) is 0 Å².